The van der Waals surface area contributed by atoms with E-state index >= 15 is 0 Å². The second-order valence-corrected chi connectivity index (χ2v) is 8.41. The van der Waals surface area contributed by atoms with Crippen molar-refractivity contribution in [2.45, 2.75) is 19.4 Å². The van der Waals surface area contributed by atoms with Crippen molar-refractivity contribution in [2.24, 2.45) is 5.10 Å². The average molecular weight is 456 g/mol. The number of hydrazone groups is 1. The number of amides is 1. The molecule has 0 bridgehead atoms. The molecule has 1 unspecified atom stereocenters. The number of carbonyl (C=O) groups is 1. The molecule has 6 heteroatoms. The molecule has 0 aliphatic carbocycles. The molecular weight excluding hydrogens is 434 g/mol. The van der Waals surface area contributed by atoms with Crippen LogP contribution in [0.3, 0.4) is 0 Å². The number of para-hydroxylation sites is 1. The summed E-state index contributed by atoms with van der Waals surface area (Å²) in [7, 11) is 1.61. The van der Waals surface area contributed by atoms with Crippen LogP contribution in [0.2, 0.25) is 5.15 Å². The number of carbonyl (C=O) groups excluding carboxylic acids is 1. The zero-order valence-electron chi connectivity index (χ0n) is 18.3. The van der Waals surface area contributed by atoms with Gasteiger partial charge in [0.1, 0.15) is 16.4 Å². The highest BCUT2D eigenvalue weighted by atomic mass is 35.5. The fourth-order valence-electron chi connectivity index (χ4n) is 4.22. The van der Waals surface area contributed by atoms with Crippen molar-refractivity contribution in [3.8, 4) is 5.75 Å². The average Bonchev–Trinajstić information content (AvgIpc) is 3.28. The van der Waals surface area contributed by atoms with Crippen LogP contribution in [0.4, 0.5) is 0 Å². The molecule has 0 spiro atoms. The lowest BCUT2D eigenvalue weighted by atomic mass is 9.97. The fourth-order valence-corrected chi connectivity index (χ4v) is 4.48. The van der Waals surface area contributed by atoms with Crippen molar-refractivity contribution in [1.29, 1.82) is 0 Å². The largest absolute Gasteiger partial charge is 0.494 e. The third kappa shape index (κ3) is 3.96. The normalized spacial score (nSPS) is 15.5. The summed E-state index contributed by atoms with van der Waals surface area (Å²) >= 11 is 6.69. The Morgan fingerprint density at radius 2 is 1.82 bits per heavy atom. The number of methoxy groups -OCH3 is 1. The van der Waals surface area contributed by atoms with E-state index in [0.717, 1.165) is 27.8 Å². The molecule has 1 amide bonds. The van der Waals surface area contributed by atoms with Crippen LogP contribution in [0, 0.1) is 6.92 Å². The van der Waals surface area contributed by atoms with Gasteiger partial charge in [-0.15, -0.1) is 0 Å². The van der Waals surface area contributed by atoms with Crippen molar-refractivity contribution in [3.05, 3.63) is 106 Å². The van der Waals surface area contributed by atoms with Crippen LogP contribution in [0.25, 0.3) is 10.9 Å². The van der Waals surface area contributed by atoms with Crippen LogP contribution in [0.1, 0.15) is 39.5 Å². The number of aromatic nitrogens is 1. The molecule has 164 valence electrons. The fraction of sp³-hybridized carbons (Fsp3) is 0.148. The highest BCUT2D eigenvalue weighted by molar-refractivity contribution is 6.30. The van der Waals surface area contributed by atoms with Crippen molar-refractivity contribution in [2.75, 3.05) is 7.11 Å². The number of nitrogens with zero attached hydrogens (tertiary/aromatic N) is 3. The van der Waals surface area contributed by atoms with Gasteiger partial charge in [-0.3, -0.25) is 4.79 Å². The smallest absolute Gasteiger partial charge is 0.274 e. The molecule has 1 aromatic heterocycles. The second-order valence-electron chi connectivity index (χ2n) is 8.05. The first kappa shape index (κ1) is 21.2. The van der Waals surface area contributed by atoms with E-state index in [1.165, 1.54) is 0 Å². The Labute approximate surface area is 197 Å². The first-order chi connectivity index (χ1) is 16.0. The van der Waals surface area contributed by atoms with Gasteiger partial charge in [0.15, 0.2) is 0 Å². The van der Waals surface area contributed by atoms with E-state index in [-0.39, 0.29) is 11.9 Å². The maximum Gasteiger partial charge on any atom is 0.274 e. The number of rotatable bonds is 4. The topological polar surface area (TPSA) is 54.8 Å². The SMILES string of the molecule is COc1cccc2cc(C3CC(c4cccc(C)c4)=NN3C(=O)c3ccccc3)c(Cl)nc12. The maximum absolute atomic E-state index is 13.5. The minimum atomic E-state index is -0.371. The molecule has 3 aromatic carbocycles. The predicted molar refractivity (Wildman–Crippen MR) is 131 cm³/mol. The monoisotopic (exact) mass is 455 g/mol. The minimum Gasteiger partial charge on any atom is -0.494 e. The Morgan fingerprint density at radius 3 is 2.58 bits per heavy atom. The zero-order chi connectivity index (χ0) is 22.9. The highest BCUT2D eigenvalue weighted by Gasteiger charge is 2.35. The summed E-state index contributed by atoms with van der Waals surface area (Å²) in [6.07, 6.45) is 0.541. The molecule has 1 aliphatic rings. The number of benzene rings is 3. The predicted octanol–water partition coefficient (Wildman–Crippen LogP) is 6.20. The Kier molecular flexibility index (Phi) is 5.56. The van der Waals surface area contributed by atoms with Crippen LogP contribution in [-0.4, -0.2) is 28.7 Å². The lowest BCUT2D eigenvalue weighted by molar-refractivity contribution is 0.0711. The van der Waals surface area contributed by atoms with E-state index < -0.39 is 0 Å². The van der Waals surface area contributed by atoms with E-state index in [0.29, 0.717) is 28.4 Å². The summed E-state index contributed by atoms with van der Waals surface area (Å²) in [6, 6.07) is 24.7. The molecule has 0 saturated carbocycles. The molecule has 5 nitrogen and oxygen atoms in total. The molecule has 0 N–H and O–H groups in total. The van der Waals surface area contributed by atoms with Crippen molar-refractivity contribution < 1.29 is 9.53 Å². The molecule has 0 saturated heterocycles. The number of ether oxygens (including phenoxy) is 1. The molecule has 2 heterocycles. The van der Waals surface area contributed by atoms with Gasteiger partial charge in [0.25, 0.3) is 5.91 Å². The van der Waals surface area contributed by atoms with Gasteiger partial charge in [-0.25, -0.2) is 9.99 Å². The van der Waals surface area contributed by atoms with Gasteiger partial charge in [-0.1, -0.05) is 71.8 Å². The van der Waals surface area contributed by atoms with Crippen LogP contribution < -0.4 is 4.74 Å². The van der Waals surface area contributed by atoms with Crippen molar-refractivity contribution >= 4 is 34.1 Å². The maximum atomic E-state index is 13.5. The Morgan fingerprint density at radius 1 is 1.03 bits per heavy atom. The van der Waals surface area contributed by atoms with Crippen LogP contribution in [0.15, 0.2) is 84.0 Å². The first-order valence-corrected chi connectivity index (χ1v) is 11.1. The standard InChI is InChI=1S/C27H22ClN3O2/c1-17-8-6-11-19(14-17)22-16-23(31(30-22)27(32)18-9-4-3-5-10-18)21-15-20-12-7-13-24(33-2)25(20)29-26(21)28/h3-15,23H,16H2,1-2H3. The summed E-state index contributed by atoms with van der Waals surface area (Å²) < 4.78 is 5.44. The van der Waals surface area contributed by atoms with Gasteiger partial charge < -0.3 is 4.74 Å². The van der Waals surface area contributed by atoms with Crippen molar-refractivity contribution in [1.82, 2.24) is 9.99 Å². The molecule has 1 atom stereocenters. The van der Waals surface area contributed by atoms with Gasteiger partial charge in [-0.05, 0) is 36.8 Å². The lowest BCUT2D eigenvalue weighted by Gasteiger charge is -2.23. The summed E-state index contributed by atoms with van der Waals surface area (Å²) in [6.45, 7) is 2.04. The van der Waals surface area contributed by atoms with Crippen LogP contribution in [-0.2, 0) is 0 Å². The summed E-state index contributed by atoms with van der Waals surface area (Å²) in [5, 5.41) is 7.55. The summed E-state index contributed by atoms with van der Waals surface area (Å²) in [5.41, 5.74) is 4.99. The second kappa shape index (κ2) is 8.68. The molecule has 0 fully saturated rings. The first-order valence-electron chi connectivity index (χ1n) is 10.7. The number of fused-ring (bicyclic) bond motifs is 1. The van der Waals surface area contributed by atoms with E-state index in [4.69, 9.17) is 21.4 Å². The molecule has 0 radical (unpaired) electrons. The van der Waals surface area contributed by atoms with Gasteiger partial charge in [0, 0.05) is 22.9 Å². The van der Waals surface area contributed by atoms with Crippen LogP contribution >= 0.6 is 11.6 Å². The molecule has 1 aliphatic heterocycles. The van der Waals surface area contributed by atoms with Crippen molar-refractivity contribution in [3.63, 3.8) is 0 Å². The number of hydrogen-bond acceptors (Lipinski definition) is 4. The van der Waals surface area contributed by atoms with Gasteiger partial charge in [-0.2, -0.15) is 5.10 Å². The Bertz CT molecular complexity index is 1390. The molecular formula is C27H22ClN3O2. The Hall–Kier alpha value is -3.70. The van der Waals surface area contributed by atoms with E-state index in [1.54, 1.807) is 24.3 Å². The molecule has 5 rings (SSSR count). The van der Waals surface area contributed by atoms with Gasteiger partial charge in [0.05, 0.1) is 18.9 Å². The number of halogens is 1. The number of hydrogen-bond donors (Lipinski definition) is 0. The lowest BCUT2D eigenvalue weighted by Crippen LogP contribution is -2.27. The molecule has 33 heavy (non-hydrogen) atoms. The van der Waals surface area contributed by atoms with Gasteiger partial charge in [0.2, 0.25) is 0 Å². The van der Waals surface area contributed by atoms with E-state index in [1.807, 2.05) is 67.6 Å². The zero-order valence-corrected chi connectivity index (χ0v) is 19.1. The van der Waals surface area contributed by atoms with Gasteiger partial charge >= 0.3 is 0 Å². The Balaban J connectivity index is 1.62. The summed E-state index contributed by atoms with van der Waals surface area (Å²) in [4.78, 5) is 18.1. The number of aryl methyl sites for hydroxylation is 1. The molecule has 4 aromatic rings. The summed E-state index contributed by atoms with van der Waals surface area (Å²) in [5.74, 6) is 0.478. The van der Waals surface area contributed by atoms with E-state index in [2.05, 4.69) is 11.1 Å². The highest BCUT2D eigenvalue weighted by Crippen LogP contribution is 2.39. The third-order valence-electron chi connectivity index (χ3n) is 5.86. The minimum absolute atomic E-state index is 0.176. The quantitative estimate of drug-likeness (QED) is 0.344. The third-order valence-corrected chi connectivity index (χ3v) is 6.16. The van der Waals surface area contributed by atoms with E-state index in [9.17, 15) is 4.79 Å². The van der Waals surface area contributed by atoms with Crippen LogP contribution in [0.5, 0.6) is 5.75 Å². The number of pyridine rings is 1.